The Morgan fingerprint density at radius 3 is 2.37 bits per heavy atom. The Kier molecular flexibility index (Phi) is 9.56. The number of nitrogens with two attached hydrogens (primary N) is 1. The van der Waals surface area contributed by atoms with Crippen LogP contribution in [0.4, 0.5) is 17.1 Å². The molecule has 0 radical (unpaired) electrons. The number of ether oxygens (including phenoxy) is 1. The second kappa shape index (κ2) is 13.5. The standard InChI is InChI=1S/C30H32ClN5O2/c1-22(34-25-11-13-27(14-12-25)36-18-20-38-21-19-36)33-17-16-29(32)24-6-9-26(10-7-24)35-30(37)15-8-23-4-2-3-5-28(23)31/h2-7,9-14,16-17,34H,1,8,15,18-21,32H2,(H,35,37)/b29-16-,33-17-. The lowest BCUT2D eigenvalue weighted by molar-refractivity contribution is -0.116. The molecule has 7 nitrogen and oxygen atoms in total. The van der Waals surface area contributed by atoms with Gasteiger partial charge in [-0.1, -0.05) is 48.5 Å². The summed E-state index contributed by atoms with van der Waals surface area (Å²) in [6.45, 7) is 7.28. The monoisotopic (exact) mass is 529 g/mol. The predicted molar refractivity (Wildman–Crippen MR) is 158 cm³/mol. The van der Waals surface area contributed by atoms with Crippen molar-refractivity contribution in [2.45, 2.75) is 12.8 Å². The molecule has 0 saturated carbocycles. The summed E-state index contributed by atoms with van der Waals surface area (Å²) in [5, 5.41) is 6.76. The summed E-state index contributed by atoms with van der Waals surface area (Å²) in [4.78, 5) is 18.9. The van der Waals surface area contributed by atoms with Crippen LogP contribution in [0.3, 0.4) is 0 Å². The highest BCUT2D eigenvalue weighted by Crippen LogP contribution is 2.20. The Labute approximate surface area is 228 Å². The molecule has 0 bridgehead atoms. The van der Waals surface area contributed by atoms with Crippen LogP contribution in [0.1, 0.15) is 17.5 Å². The van der Waals surface area contributed by atoms with E-state index < -0.39 is 0 Å². The molecule has 4 rings (SSSR count). The van der Waals surface area contributed by atoms with Gasteiger partial charge >= 0.3 is 0 Å². The van der Waals surface area contributed by atoms with Gasteiger partial charge in [0, 0.05) is 53.5 Å². The van der Waals surface area contributed by atoms with Crippen LogP contribution in [0.2, 0.25) is 5.02 Å². The highest BCUT2D eigenvalue weighted by molar-refractivity contribution is 6.31. The topological polar surface area (TPSA) is 92.0 Å². The van der Waals surface area contributed by atoms with Gasteiger partial charge in [0.15, 0.2) is 0 Å². The first-order chi connectivity index (χ1) is 18.5. The van der Waals surface area contributed by atoms with Crippen LogP contribution in [-0.4, -0.2) is 38.4 Å². The van der Waals surface area contributed by atoms with Crippen LogP contribution >= 0.6 is 11.6 Å². The summed E-state index contributed by atoms with van der Waals surface area (Å²) < 4.78 is 5.41. The summed E-state index contributed by atoms with van der Waals surface area (Å²) in [6.07, 6.45) is 4.25. The van der Waals surface area contributed by atoms with Crippen molar-refractivity contribution in [3.8, 4) is 0 Å². The molecule has 0 aromatic heterocycles. The minimum atomic E-state index is -0.0740. The molecule has 0 spiro atoms. The van der Waals surface area contributed by atoms with E-state index in [0.29, 0.717) is 35.1 Å². The van der Waals surface area contributed by atoms with Crippen LogP contribution < -0.4 is 21.3 Å². The Balaban J connectivity index is 1.24. The van der Waals surface area contributed by atoms with E-state index in [1.54, 1.807) is 12.3 Å². The number of aryl methyl sites for hydroxylation is 1. The molecular formula is C30H32ClN5O2. The van der Waals surface area contributed by atoms with Crippen molar-refractivity contribution in [3.05, 3.63) is 107 Å². The fourth-order valence-corrected chi connectivity index (χ4v) is 4.23. The quantitative estimate of drug-likeness (QED) is 0.293. The van der Waals surface area contributed by atoms with E-state index in [9.17, 15) is 4.79 Å². The molecule has 4 N–H and O–H groups in total. The zero-order valence-electron chi connectivity index (χ0n) is 21.2. The number of nitrogens with zero attached hydrogens (tertiary/aromatic N) is 2. The molecule has 8 heteroatoms. The maximum Gasteiger partial charge on any atom is 0.224 e. The summed E-state index contributed by atoms with van der Waals surface area (Å²) in [6, 6.07) is 23.1. The highest BCUT2D eigenvalue weighted by atomic mass is 35.5. The second-order valence-electron chi connectivity index (χ2n) is 8.84. The lowest BCUT2D eigenvalue weighted by Crippen LogP contribution is -2.36. The van der Waals surface area contributed by atoms with Crippen molar-refractivity contribution in [3.63, 3.8) is 0 Å². The van der Waals surface area contributed by atoms with E-state index in [4.69, 9.17) is 22.1 Å². The number of aliphatic imine (C=N–C) groups is 1. The van der Waals surface area contributed by atoms with Crippen LogP contribution in [-0.2, 0) is 16.0 Å². The Hall–Kier alpha value is -4.07. The van der Waals surface area contributed by atoms with E-state index in [-0.39, 0.29) is 5.91 Å². The third-order valence-corrected chi connectivity index (χ3v) is 6.47. The predicted octanol–water partition coefficient (Wildman–Crippen LogP) is 5.70. The van der Waals surface area contributed by atoms with Gasteiger partial charge in [0.2, 0.25) is 5.91 Å². The third-order valence-electron chi connectivity index (χ3n) is 6.10. The van der Waals surface area contributed by atoms with Crippen molar-refractivity contribution in [1.82, 2.24) is 0 Å². The lowest BCUT2D eigenvalue weighted by Gasteiger charge is -2.28. The average molecular weight is 530 g/mol. The van der Waals surface area contributed by atoms with E-state index >= 15 is 0 Å². The molecule has 0 atom stereocenters. The summed E-state index contributed by atoms with van der Waals surface area (Å²) in [5.74, 6) is 0.429. The minimum absolute atomic E-state index is 0.0740. The second-order valence-corrected chi connectivity index (χ2v) is 9.24. The fourth-order valence-electron chi connectivity index (χ4n) is 4.00. The summed E-state index contributed by atoms with van der Waals surface area (Å²) in [7, 11) is 0. The van der Waals surface area contributed by atoms with Crippen LogP contribution in [0.25, 0.3) is 5.70 Å². The number of nitrogens with one attached hydrogen (secondary N) is 2. The van der Waals surface area contributed by atoms with Gasteiger partial charge in [0.1, 0.15) is 5.82 Å². The Bertz CT molecular complexity index is 1300. The van der Waals surface area contributed by atoms with Crippen molar-refractivity contribution < 1.29 is 9.53 Å². The number of rotatable bonds is 10. The molecular weight excluding hydrogens is 498 g/mol. The number of morpholine rings is 1. The number of allylic oxidation sites excluding steroid dienone is 1. The molecule has 1 aliphatic rings. The summed E-state index contributed by atoms with van der Waals surface area (Å²) in [5.41, 5.74) is 11.3. The zero-order chi connectivity index (χ0) is 26.7. The number of hydrogen-bond donors (Lipinski definition) is 3. The lowest BCUT2D eigenvalue weighted by atomic mass is 10.1. The van der Waals surface area contributed by atoms with Crippen molar-refractivity contribution in [1.29, 1.82) is 0 Å². The molecule has 0 aliphatic carbocycles. The molecule has 3 aromatic carbocycles. The van der Waals surface area contributed by atoms with Gasteiger partial charge in [0.05, 0.1) is 13.2 Å². The number of carbonyl (C=O) groups excluding carboxylic acids is 1. The van der Waals surface area contributed by atoms with Gasteiger partial charge in [-0.2, -0.15) is 0 Å². The normalized spacial score (nSPS) is 13.9. The van der Waals surface area contributed by atoms with Gasteiger partial charge in [-0.3, -0.25) is 4.79 Å². The number of halogens is 1. The molecule has 1 saturated heterocycles. The molecule has 38 heavy (non-hydrogen) atoms. The van der Waals surface area contributed by atoms with E-state index in [1.807, 2.05) is 60.7 Å². The van der Waals surface area contributed by atoms with Crippen LogP contribution in [0.15, 0.2) is 96.3 Å². The van der Waals surface area contributed by atoms with Gasteiger partial charge < -0.3 is 26.0 Å². The molecule has 1 amide bonds. The van der Waals surface area contributed by atoms with Gasteiger partial charge in [0.25, 0.3) is 0 Å². The maximum absolute atomic E-state index is 12.3. The zero-order valence-corrected chi connectivity index (χ0v) is 22.0. The molecule has 1 aliphatic heterocycles. The number of carbonyl (C=O) groups is 1. The average Bonchev–Trinajstić information content (AvgIpc) is 2.94. The van der Waals surface area contributed by atoms with Crippen molar-refractivity contribution in [2.24, 2.45) is 10.7 Å². The molecule has 196 valence electrons. The first-order valence-electron chi connectivity index (χ1n) is 12.5. The number of amides is 1. The fraction of sp³-hybridized carbons (Fsp3) is 0.200. The van der Waals surface area contributed by atoms with Gasteiger partial charge in [-0.15, -0.1) is 0 Å². The largest absolute Gasteiger partial charge is 0.398 e. The molecule has 1 fully saturated rings. The van der Waals surface area contributed by atoms with Crippen LogP contribution in [0, 0.1) is 0 Å². The Morgan fingerprint density at radius 2 is 1.66 bits per heavy atom. The van der Waals surface area contributed by atoms with Crippen LogP contribution in [0.5, 0.6) is 0 Å². The van der Waals surface area contributed by atoms with Gasteiger partial charge in [-0.05, 0) is 66.1 Å². The van der Waals surface area contributed by atoms with Crippen molar-refractivity contribution in [2.75, 3.05) is 41.8 Å². The smallest absolute Gasteiger partial charge is 0.224 e. The van der Waals surface area contributed by atoms with E-state index in [0.717, 1.165) is 43.1 Å². The van der Waals surface area contributed by atoms with E-state index in [1.165, 1.54) is 5.69 Å². The first-order valence-corrected chi connectivity index (χ1v) is 12.9. The molecule has 1 heterocycles. The summed E-state index contributed by atoms with van der Waals surface area (Å²) >= 11 is 6.16. The first kappa shape index (κ1) is 27.0. The SMILES string of the molecule is C=C(/N=C\C=C(/N)c1ccc(NC(=O)CCc2ccccc2Cl)cc1)Nc1ccc(N2CCOCC2)cc1. The van der Waals surface area contributed by atoms with Crippen molar-refractivity contribution >= 4 is 46.5 Å². The molecule has 3 aromatic rings. The minimum Gasteiger partial charge on any atom is -0.398 e. The van der Waals surface area contributed by atoms with Gasteiger partial charge in [-0.25, -0.2) is 4.99 Å². The number of hydrogen-bond acceptors (Lipinski definition) is 6. The van der Waals surface area contributed by atoms with E-state index in [2.05, 4.69) is 39.2 Å². The molecule has 0 unspecified atom stereocenters. The Morgan fingerprint density at radius 1 is 1.00 bits per heavy atom. The number of anilines is 3. The maximum atomic E-state index is 12.3. The highest BCUT2D eigenvalue weighted by Gasteiger charge is 2.11. The number of benzene rings is 3. The third kappa shape index (κ3) is 7.96.